The van der Waals surface area contributed by atoms with E-state index in [0.717, 1.165) is 11.4 Å². The Morgan fingerprint density at radius 3 is 2.55 bits per heavy atom. The third-order valence-corrected chi connectivity index (χ3v) is 3.81. The molecule has 0 atom stereocenters. The highest BCUT2D eigenvalue weighted by atomic mass is 16.2. The summed E-state index contributed by atoms with van der Waals surface area (Å²) in [5.41, 5.74) is 8.06. The van der Waals surface area contributed by atoms with Gasteiger partial charge in [-0.2, -0.15) is 5.10 Å². The number of rotatable bonds is 5. The maximum absolute atomic E-state index is 12.6. The number of amides is 1. The molecule has 0 unspecified atom stereocenters. The summed E-state index contributed by atoms with van der Waals surface area (Å²) in [6.07, 6.45) is 1.64. The molecule has 2 aromatic rings. The first-order chi connectivity index (χ1) is 10.4. The first-order valence-electron chi connectivity index (χ1n) is 7.41. The molecule has 1 aromatic heterocycles. The second-order valence-electron chi connectivity index (χ2n) is 6.42. The average Bonchev–Trinajstić information content (AvgIpc) is 2.88. The summed E-state index contributed by atoms with van der Waals surface area (Å²) < 4.78 is 1.79. The van der Waals surface area contributed by atoms with Gasteiger partial charge in [0.1, 0.15) is 0 Å². The Hall–Kier alpha value is -2.14. The molecule has 0 aliphatic rings. The van der Waals surface area contributed by atoms with Gasteiger partial charge in [-0.3, -0.25) is 4.79 Å². The highest BCUT2D eigenvalue weighted by Gasteiger charge is 2.24. The quantitative estimate of drug-likeness (QED) is 0.921. The first-order valence-corrected chi connectivity index (χ1v) is 7.41. The van der Waals surface area contributed by atoms with Crippen LogP contribution in [-0.4, -0.2) is 40.7 Å². The molecule has 0 bridgehead atoms. The smallest absolute Gasteiger partial charge is 0.257 e. The molecule has 5 heteroatoms. The van der Waals surface area contributed by atoms with Gasteiger partial charge in [-0.25, -0.2) is 4.68 Å². The third kappa shape index (κ3) is 3.36. The fourth-order valence-electron chi connectivity index (χ4n) is 2.43. The second-order valence-corrected chi connectivity index (χ2v) is 6.42. The third-order valence-electron chi connectivity index (χ3n) is 3.81. The van der Waals surface area contributed by atoms with Crippen LogP contribution in [0.2, 0.25) is 0 Å². The predicted octanol–water partition coefficient (Wildman–Crippen LogP) is 2.24. The van der Waals surface area contributed by atoms with Gasteiger partial charge in [0.15, 0.2) is 0 Å². The highest BCUT2D eigenvalue weighted by Crippen LogP contribution is 2.18. The van der Waals surface area contributed by atoms with E-state index in [1.165, 1.54) is 0 Å². The molecule has 1 amide bonds. The molecule has 0 aliphatic heterocycles. The van der Waals surface area contributed by atoms with Crippen LogP contribution < -0.4 is 5.73 Å². The maximum atomic E-state index is 12.6. The fraction of sp³-hybridized carbons (Fsp3) is 0.412. The van der Waals surface area contributed by atoms with Gasteiger partial charge < -0.3 is 10.6 Å². The van der Waals surface area contributed by atoms with Crippen molar-refractivity contribution in [2.24, 2.45) is 11.1 Å². The van der Waals surface area contributed by atoms with E-state index >= 15 is 0 Å². The second kappa shape index (κ2) is 6.32. The number of nitrogens with zero attached hydrogens (tertiary/aromatic N) is 3. The van der Waals surface area contributed by atoms with Gasteiger partial charge in [0.05, 0.1) is 23.1 Å². The molecule has 0 saturated carbocycles. The van der Waals surface area contributed by atoms with Crippen molar-refractivity contribution in [3.63, 3.8) is 0 Å². The van der Waals surface area contributed by atoms with Crippen molar-refractivity contribution < 1.29 is 4.79 Å². The Morgan fingerprint density at radius 1 is 1.32 bits per heavy atom. The predicted molar refractivity (Wildman–Crippen MR) is 88.1 cm³/mol. The van der Waals surface area contributed by atoms with Gasteiger partial charge in [0.2, 0.25) is 0 Å². The van der Waals surface area contributed by atoms with E-state index in [0.29, 0.717) is 18.7 Å². The summed E-state index contributed by atoms with van der Waals surface area (Å²) in [6, 6.07) is 9.80. The first kappa shape index (κ1) is 16.2. The SMILES string of the molecule is Cc1c(C(=O)N(C)CC(C)(C)CN)cnn1-c1ccccc1. The lowest BCUT2D eigenvalue weighted by Gasteiger charge is -2.29. The van der Waals surface area contributed by atoms with Crippen LogP contribution in [0.25, 0.3) is 5.69 Å². The lowest BCUT2D eigenvalue weighted by atomic mass is 9.93. The summed E-state index contributed by atoms with van der Waals surface area (Å²) in [5, 5.41) is 4.35. The monoisotopic (exact) mass is 300 g/mol. The van der Waals surface area contributed by atoms with E-state index in [1.54, 1.807) is 22.8 Å². The molecule has 2 N–H and O–H groups in total. The van der Waals surface area contributed by atoms with E-state index in [4.69, 9.17) is 5.73 Å². The molecule has 5 nitrogen and oxygen atoms in total. The molecule has 0 aliphatic carbocycles. The van der Waals surface area contributed by atoms with Gasteiger partial charge >= 0.3 is 0 Å². The largest absolute Gasteiger partial charge is 0.341 e. The van der Waals surface area contributed by atoms with Crippen molar-refractivity contribution in [1.82, 2.24) is 14.7 Å². The van der Waals surface area contributed by atoms with Crippen LogP contribution in [0.5, 0.6) is 0 Å². The summed E-state index contributed by atoms with van der Waals surface area (Å²) in [7, 11) is 1.80. The van der Waals surface area contributed by atoms with Crippen LogP contribution in [0.4, 0.5) is 0 Å². The molecule has 0 spiro atoms. The van der Waals surface area contributed by atoms with E-state index in [1.807, 2.05) is 37.3 Å². The zero-order chi connectivity index (χ0) is 16.3. The van der Waals surface area contributed by atoms with E-state index < -0.39 is 0 Å². The molecular weight excluding hydrogens is 276 g/mol. The Balaban J connectivity index is 2.23. The van der Waals surface area contributed by atoms with Gasteiger partial charge in [0, 0.05) is 13.6 Å². The van der Waals surface area contributed by atoms with Crippen molar-refractivity contribution in [2.45, 2.75) is 20.8 Å². The van der Waals surface area contributed by atoms with Crippen LogP contribution >= 0.6 is 0 Å². The van der Waals surface area contributed by atoms with Gasteiger partial charge in [-0.15, -0.1) is 0 Å². The summed E-state index contributed by atoms with van der Waals surface area (Å²) in [6.45, 7) is 7.16. The molecule has 22 heavy (non-hydrogen) atoms. The minimum Gasteiger partial charge on any atom is -0.341 e. The van der Waals surface area contributed by atoms with Crippen LogP contribution in [0.15, 0.2) is 36.5 Å². The highest BCUT2D eigenvalue weighted by molar-refractivity contribution is 5.95. The number of nitrogens with two attached hydrogens (primary N) is 1. The number of benzene rings is 1. The van der Waals surface area contributed by atoms with E-state index in [2.05, 4.69) is 18.9 Å². The number of hydrogen-bond donors (Lipinski definition) is 1. The normalized spacial score (nSPS) is 11.5. The summed E-state index contributed by atoms with van der Waals surface area (Å²) >= 11 is 0. The van der Waals surface area contributed by atoms with Crippen LogP contribution in [-0.2, 0) is 0 Å². The summed E-state index contributed by atoms with van der Waals surface area (Å²) in [4.78, 5) is 14.4. The lowest BCUT2D eigenvalue weighted by molar-refractivity contribution is 0.0740. The molecule has 0 saturated heterocycles. The van der Waals surface area contributed by atoms with Gasteiger partial charge in [-0.05, 0) is 31.0 Å². The minimum atomic E-state index is -0.103. The number of aromatic nitrogens is 2. The minimum absolute atomic E-state index is 0.0267. The molecule has 2 rings (SSSR count). The van der Waals surface area contributed by atoms with Crippen molar-refractivity contribution in [2.75, 3.05) is 20.1 Å². The number of carbonyl (C=O) groups excluding carboxylic acids is 1. The topological polar surface area (TPSA) is 64.2 Å². The maximum Gasteiger partial charge on any atom is 0.257 e. The Morgan fingerprint density at radius 2 is 1.95 bits per heavy atom. The van der Waals surface area contributed by atoms with Gasteiger partial charge in [0.25, 0.3) is 5.91 Å². The van der Waals surface area contributed by atoms with Gasteiger partial charge in [-0.1, -0.05) is 32.0 Å². The Bertz CT molecular complexity index is 646. The molecule has 0 radical (unpaired) electrons. The Labute approximate surface area is 131 Å². The van der Waals surface area contributed by atoms with E-state index in [-0.39, 0.29) is 11.3 Å². The fourth-order valence-corrected chi connectivity index (χ4v) is 2.43. The molecular formula is C17H24N4O. The van der Waals surface area contributed by atoms with E-state index in [9.17, 15) is 4.79 Å². The van der Waals surface area contributed by atoms with Crippen molar-refractivity contribution in [1.29, 1.82) is 0 Å². The average molecular weight is 300 g/mol. The van der Waals surface area contributed by atoms with Crippen LogP contribution in [0.3, 0.4) is 0 Å². The summed E-state index contributed by atoms with van der Waals surface area (Å²) in [5.74, 6) is -0.0267. The standard InChI is InChI=1S/C17H24N4O/c1-13-15(16(22)20(4)12-17(2,3)11-18)10-19-21(13)14-8-6-5-7-9-14/h5-10H,11-12,18H2,1-4H3. The molecule has 1 aromatic carbocycles. The number of para-hydroxylation sites is 1. The molecule has 118 valence electrons. The molecule has 0 fully saturated rings. The van der Waals surface area contributed by atoms with Crippen LogP contribution in [0, 0.1) is 12.3 Å². The van der Waals surface area contributed by atoms with Crippen molar-refractivity contribution >= 4 is 5.91 Å². The van der Waals surface area contributed by atoms with Crippen molar-refractivity contribution in [3.05, 3.63) is 47.8 Å². The van der Waals surface area contributed by atoms with Crippen molar-refractivity contribution in [3.8, 4) is 5.69 Å². The lowest BCUT2D eigenvalue weighted by Crippen LogP contribution is -2.39. The zero-order valence-electron chi connectivity index (χ0n) is 13.7. The zero-order valence-corrected chi connectivity index (χ0v) is 13.7. The number of hydrogen-bond acceptors (Lipinski definition) is 3. The molecule has 1 heterocycles. The Kier molecular flexibility index (Phi) is 4.66. The number of carbonyl (C=O) groups is 1. The van der Waals surface area contributed by atoms with Crippen LogP contribution in [0.1, 0.15) is 29.9 Å².